The molecule has 6 nitrogen and oxygen atoms in total. The van der Waals surface area contributed by atoms with Crippen molar-refractivity contribution in [1.82, 2.24) is 9.62 Å². The highest BCUT2D eigenvalue weighted by Gasteiger charge is 2.23. The number of likely N-dealkylation sites (N-methyl/N-ethyl adjacent to an activating group) is 1. The number of carbonyl (C=O) groups is 1. The van der Waals surface area contributed by atoms with Crippen LogP contribution in [0.4, 0.5) is 0 Å². The van der Waals surface area contributed by atoms with Crippen LogP contribution in [0, 0.1) is 0 Å². The van der Waals surface area contributed by atoms with E-state index in [0.29, 0.717) is 25.1 Å². The molecule has 0 saturated heterocycles. The molecule has 0 aromatic heterocycles. The first-order valence-electron chi connectivity index (χ1n) is 6.89. The summed E-state index contributed by atoms with van der Waals surface area (Å²) in [6.07, 6.45) is 0.655. The van der Waals surface area contributed by atoms with E-state index in [9.17, 15) is 13.2 Å². The number of nitrogens with one attached hydrogen (secondary N) is 1. The van der Waals surface area contributed by atoms with E-state index in [2.05, 4.69) is 5.32 Å². The summed E-state index contributed by atoms with van der Waals surface area (Å²) in [7, 11) is -2.03. The first-order chi connectivity index (χ1) is 9.92. The van der Waals surface area contributed by atoms with Gasteiger partial charge in [0.2, 0.25) is 15.9 Å². The van der Waals surface area contributed by atoms with Crippen molar-refractivity contribution in [2.75, 3.05) is 20.1 Å². The Labute approximate surface area is 126 Å². The second-order valence-corrected chi connectivity index (χ2v) is 6.75. The third-order valence-corrected chi connectivity index (χ3v) is 4.87. The van der Waals surface area contributed by atoms with Crippen LogP contribution in [0.1, 0.15) is 24.5 Å². The number of carbonyl (C=O) groups excluding carboxylic acids is 1. The van der Waals surface area contributed by atoms with Crippen molar-refractivity contribution in [2.24, 2.45) is 5.73 Å². The lowest BCUT2D eigenvalue weighted by molar-refractivity contribution is -0.120. The van der Waals surface area contributed by atoms with Gasteiger partial charge in [0.05, 0.1) is 12.3 Å². The molecule has 0 aliphatic carbocycles. The molecule has 0 heterocycles. The normalized spacial score (nSPS) is 11.6. The summed E-state index contributed by atoms with van der Waals surface area (Å²) in [5, 5.41) is 2.45. The minimum atomic E-state index is -3.52. The van der Waals surface area contributed by atoms with Gasteiger partial charge in [-0.1, -0.05) is 31.2 Å². The lowest BCUT2D eigenvalue weighted by Crippen LogP contribution is -2.40. The van der Waals surface area contributed by atoms with Gasteiger partial charge in [-0.25, -0.2) is 8.42 Å². The van der Waals surface area contributed by atoms with Crippen molar-refractivity contribution in [3.63, 3.8) is 0 Å². The predicted octanol–water partition coefficient (Wildman–Crippen LogP) is 0.433. The summed E-state index contributed by atoms with van der Waals surface area (Å²) >= 11 is 0. The topological polar surface area (TPSA) is 92.5 Å². The van der Waals surface area contributed by atoms with E-state index in [1.54, 1.807) is 12.1 Å². The number of hydrogen-bond acceptors (Lipinski definition) is 4. The molecule has 0 unspecified atom stereocenters. The Balaban J connectivity index is 2.86. The van der Waals surface area contributed by atoms with Crippen LogP contribution in [0.3, 0.4) is 0 Å². The smallest absolute Gasteiger partial charge is 0.235 e. The minimum Gasteiger partial charge on any atom is -0.358 e. The Morgan fingerprint density at radius 1 is 1.24 bits per heavy atom. The molecule has 1 aromatic carbocycles. The molecule has 0 bridgehead atoms. The summed E-state index contributed by atoms with van der Waals surface area (Å²) in [5.74, 6) is -0.431. The zero-order chi connectivity index (χ0) is 15.9. The molecule has 0 fully saturated rings. The van der Waals surface area contributed by atoms with Crippen LogP contribution >= 0.6 is 0 Å². The lowest BCUT2D eigenvalue weighted by Gasteiger charge is -2.20. The molecule has 0 saturated carbocycles. The standard InChI is InChI=1S/C14H23N3O3S/c1-3-8-17(10-14(18)16-2)21(19,20)11-13-6-4-12(9-15)5-7-13/h4-7H,3,8-11,15H2,1-2H3,(H,16,18). The van der Waals surface area contributed by atoms with Crippen molar-refractivity contribution in [1.29, 1.82) is 0 Å². The number of hydrogen-bond donors (Lipinski definition) is 2. The van der Waals surface area contributed by atoms with Gasteiger partial charge in [-0.15, -0.1) is 0 Å². The highest BCUT2D eigenvalue weighted by atomic mass is 32.2. The maximum atomic E-state index is 12.4. The van der Waals surface area contributed by atoms with Crippen LogP contribution in [0.2, 0.25) is 0 Å². The molecule has 0 atom stereocenters. The van der Waals surface area contributed by atoms with E-state index in [-0.39, 0.29) is 18.2 Å². The molecule has 0 radical (unpaired) electrons. The third-order valence-electron chi connectivity index (χ3n) is 3.07. The molecule has 1 amide bonds. The second kappa shape index (κ2) is 8.11. The van der Waals surface area contributed by atoms with Crippen LogP contribution in [-0.2, 0) is 27.1 Å². The van der Waals surface area contributed by atoms with Gasteiger partial charge in [0.1, 0.15) is 0 Å². The van der Waals surface area contributed by atoms with Gasteiger partial charge in [-0.05, 0) is 17.5 Å². The van der Waals surface area contributed by atoms with Crippen molar-refractivity contribution >= 4 is 15.9 Å². The predicted molar refractivity (Wildman–Crippen MR) is 82.9 cm³/mol. The highest BCUT2D eigenvalue weighted by molar-refractivity contribution is 7.88. The monoisotopic (exact) mass is 313 g/mol. The zero-order valence-electron chi connectivity index (χ0n) is 12.5. The van der Waals surface area contributed by atoms with Gasteiger partial charge in [0, 0.05) is 20.1 Å². The Kier molecular flexibility index (Phi) is 6.80. The number of amides is 1. The Morgan fingerprint density at radius 2 is 1.81 bits per heavy atom. The fraction of sp³-hybridized carbons (Fsp3) is 0.500. The molecule has 21 heavy (non-hydrogen) atoms. The van der Waals surface area contributed by atoms with Crippen LogP contribution < -0.4 is 11.1 Å². The summed E-state index contributed by atoms with van der Waals surface area (Å²) < 4.78 is 26.1. The minimum absolute atomic E-state index is 0.116. The Bertz CT molecular complexity index is 555. The molecule has 0 aliphatic rings. The first-order valence-corrected chi connectivity index (χ1v) is 8.50. The molecular weight excluding hydrogens is 290 g/mol. The molecule has 0 spiro atoms. The summed E-state index contributed by atoms with van der Waals surface area (Å²) in [5.41, 5.74) is 7.15. The van der Waals surface area contributed by atoms with Gasteiger partial charge < -0.3 is 11.1 Å². The van der Waals surface area contributed by atoms with Crippen molar-refractivity contribution in [2.45, 2.75) is 25.6 Å². The molecule has 1 rings (SSSR count). The number of rotatable bonds is 8. The van der Waals surface area contributed by atoms with Gasteiger partial charge in [-0.3, -0.25) is 4.79 Å². The van der Waals surface area contributed by atoms with E-state index in [1.165, 1.54) is 11.4 Å². The van der Waals surface area contributed by atoms with Crippen LogP contribution in [0.5, 0.6) is 0 Å². The molecule has 0 aliphatic heterocycles. The first kappa shape index (κ1) is 17.6. The van der Waals surface area contributed by atoms with E-state index < -0.39 is 10.0 Å². The Morgan fingerprint density at radius 3 is 2.29 bits per heavy atom. The number of benzene rings is 1. The maximum absolute atomic E-state index is 12.4. The lowest BCUT2D eigenvalue weighted by atomic mass is 10.1. The molecule has 118 valence electrons. The summed E-state index contributed by atoms with van der Waals surface area (Å²) in [6.45, 7) is 2.48. The van der Waals surface area contributed by atoms with Gasteiger partial charge in [0.25, 0.3) is 0 Å². The van der Waals surface area contributed by atoms with Crippen LogP contribution in [0.25, 0.3) is 0 Å². The van der Waals surface area contributed by atoms with E-state index in [4.69, 9.17) is 5.73 Å². The summed E-state index contributed by atoms with van der Waals surface area (Å²) in [4.78, 5) is 11.4. The number of nitrogens with zero attached hydrogens (tertiary/aromatic N) is 1. The van der Waals surface area contributed by atoms with E-state index in [1.807, 2.05) is 19.1 Å². The average molecular weight is 313 g/mol. The molecule has 3 N–H and O–H groups in total. The van der Waals surface area contributed by atoms with Gasteiger partial charge in [-0.2, -0.15) is 4.31 Å². The third kappa shape index (κ3) is 5.45. The van der Waals surface area contributed by atoms with E-state index >= 15 is 0 Å². The summed E-state index contributed by atoms with van der Waals surface area (Å²) in [6, 6.07) is 7.13. The largest absolute Gasteiger partial charge is 0.358 e. The number of nitrogens with two attached hydrogens (primary N) is 1. The van der Waals surface area contributed by atoms with Crippen LogP contribution in [-0.4, -0.2) is 38.8 Å². The van der Waals surface area contributed by atoms with Crippen molar-refractivity contribution < 1.29 is 13.2 Å². The number of sulfonamides is 1. The van der Waals surface area contributed by atoms with E-state index in [0.717, 1.165) is 5.56 Å². The van der Waals surface area contributed by atoms with Crippen LogP contribution in [0.15, 0.2) is 24.3 Å². The Hall–Kier alpha value is -1.44. The van der Waals surface area contributed by atoms with Crippen molar-refractivity contribution in [3.05, 3.63) is 35.4 Å². The van der Waals surface area contributed by atoms with Gasteiger partial charge in [0.15, 0.2) is 0 Å². The maximum Gasteiger partial charge on any atom is 0.235 e. The van der Waals surface area contributed by atoms with Crippen molar-refractivity contribution in [3.8, 4) is 0 Å². The second-order valence-electron chi connectivity index (χ2n) is 4.78. The molecular formula is C14H23N3O3S. The quantitative estimate of drug-likeness (QED) is 0.728. The molecule has 1 aromatic rings. The zero-order valence-corrected chi connectivity index (χ0v) is 13.3. The van der Waals surface area contributed by atoms with Gasteiger partial charge >= 0.3 is 0 Å². The SMILES string of the molecule is CCCN(CC(=O)NC)S(=O)(=O)Cc1ccc(CN)cc1. The highest BCUT2D eigenvalue weighted by Crippen LogP contribution is 2.12. The fourth-order valence-corrected chi connectivity index (χ4v) is 3.45. The molecule has 7 heteroatoms. The fourth-order valence-electron chi connectivity index (χ4n) is 1.88. The average Bonchev–Trinajstić information content (AvgIpc) is 2.47.